The molecule has 3 heterocycles. The van der Waals surface area contributed by atoms with E-state index in [0.29, 0.717) is 63.3 Å². The van der Waals surface area contributed by atoms with Crippen molar-refractivity contribution in [1.29, 1.82) is 5.41 Å². The molecule has 1 saturated heterocycles. The van der Waals surface area contributed by atoms with Gasteiger partial charge in [0.1, 0.15) is 72.5 Å². The van der Waals surface area contributed by atoms with Gasteiger partial charge in [0, 0.05) is 72.2 Å². The van der Waals surface area contributed by atoms with Crippen molar-refractivity contribution in [2.45, 2.75) is 197 Å². The van der Waals surface area contributed by atoms with Crippen molar-refractivity contribution in [2.24, 2.45) is 29.0 Å². The summed E-state index contributed by atoms with van der Waals surface area (Å²) in [5.41, 5.74) is 20.8. The summed E-state index contributed by atoms with van der Waals surface area (Å²) >= 11 is 0.854. The summed E-state index contributed by atoms with van der Waals surface area (Å²) in [6, 6.07) is 16.6. The van der Waals surface area contributed by atoms with Crippen LogP contribution in [-0.2, 0) is 97.6 Å². The number of nitrogens with two attached hydrogens (primary N) is 3. The molecule has 1 aliphatic heterocycles. The Balaban J connectivity index is 1.17. The van der Waals surface area contributed by atoms with Gasteiger partial charge in [0.25, 0.3) is 0 Å². The lowest BCUT2D eigenvalue weighted by molar-refractivity contribution is -0.141. The largest absolute Gasteiger partial charge is 0.481 e. The average molecular weight is 1750 g/mol. The van der Waals surface area contributed by atoms with E-state index in [1.165, 1.54) is 0 Å². The van der Waals surface area contributed by atoms with Gasteiger partial charge in [-0.3, -0.25) is 77.3 Å². The highest BCUT2D eigenvalue weighted by Gasteiger charge is 2.39. The van der Waals surface area contributed by atoms with Crippen LogP contribution in [0.4, 0.5) is 0 Å². The number of unbranched alkanes of at least 4 members (excludes halogenated alkanes) is 2. The first-order valence-corrected chi connectivity index (χ1v) is 43.0. The number of aliphatic hydroxyl groups is 1. The molecule has 2 aromatic heterocycles. The second kappa shape index (κ2) is 48.8. The van der Waals surface area contributed by atoms with E-state index in [1.54, 1.807) is 125 Å². The number of carboxylic acids is 1. The summed E-state index contributed by atoms with van der Waals surface area (Å²) in [5.74, 6) is -17.8. The summed E-state index contributed by atoms with van der Waals surface area (Å²) < 4.78 is 0. The van der Waals surface area contributed by atoms with Crippen LogP contribution in [0.1, 0.15) is 121 Å². The Morgan fingerprint density at radius 1 is 0.480 bits per heavy atom. The predicted molar refractivity (Wildman–Crippen MR) is 470 cm³/mol. The Morgan fingerprint density at radius 3 is 1.50 bits per heavy atom. The van der Waals surface area contributed by atoms with Crippen LogP contribution < -0.4 is 91.6 Å². The lowest BCUT2D eigenvalue weighted by atomic mass is 9.96. The van der Waals surface area contributed by atoms with Crippen LogP contribution in [-0.4, -0.2) is 225 Å². The molecular weight excluding hydrogens is 1630 g/mol. The number of hydrogen-bond donors (Lipinski definition) is 22. The number of guanidine groups is 1. The van der Waals surface area contributed by atoms with Gasteiger partial charge < -0.3 is 112 Å². The van der Waals surface area contributed by atoms with Gasteiger partial charge in [-0.15, -0.1) is 11.8 Å². The predicted octanol–water partition coefficient (Wildman–Crippen LogP) is -0.00953. The van der Waals surface area contributed by atoms with Crippen LogP contribution in [0.25, 0.3) is 32.6 Å². The van der Waals surface area contributed by atoms with Crippen LogP contribution in [0.3, 0.4) is 0 Å². The number of primary amides is 1. The summed E-state index contributed by atoms with van der Waals surface area (Å²) in [5, 5.41) is 68.6. The van der Waals surface area contributed by atoms with Gasteiger partial charge >= 0.3 is 5.97 Å². The van der Waals surface area contributed by atoms with E-state index in [9.17, 15) is 58.2 Å². The number of para-hydroxylation sites is 2. The normalized spacial score (nSPS) is 22.8. The van der Waals surface area contributed by atoms with Gasteiger partial charge in [0.15, 0.2) is 5.96 Å². The molecule has 0 radical (unpaired) electrons. The van der Waals surface area contributed by atoms with Crippen molar-refractivity contribution in [3.63, 3.8) is 0 Å². The first kappa shape index (κ1) is 97.5. The third-order valence-electron chi connectivity index (χ3n) is 21.4. The number of amides is 14. The van der Waals surface area contributed by atoms with Crippen molar-refractivity contribution in [3.05, 3.63) is 156 Å². The molecule has 0 unspecified atom stereocenters. The fourth-order valence-corrected chi connectivity index (χ4v) is 15.2. The third kappa shape index (κ3) is 29.9. The highest BCUT2D eigenvalue weighted by molar-refractivity contribution is 8.00. The molecule has 0 bridgehead atoms. The van der Waals surface area contributed by atoms with Crippen LogP contribution >= 0.6 is 11.8 Å². The Labute approximate surface area is 727 Å². The third-order valence-corrected chi connectivity index (χ3v) is 22.5. The van der Waals surface area contributed by atoms with Crippen molar-refractivity contribution >= 4 is 139 Å². The molecule has 13 atom stereocenters. The number of nitrogens with one attached hydrogen (secondary N) is 17. The summed E-state index contributed by atoms with van der Waals surface area (Å²) in [6.07, 6.45) is 2.40. The molecule has 125 heavy (non-hydrogen) atoms. The zero-order chi connectivity index (χ0) is 90.8. The molecule has 0 saturated carbocycles. The molecule has 37 nitrogen and oxygen atoms in total. The number of H-pyrrole nitrogens is 2. The van der Waals surface area contributed by atoms with Gasteiger partial charge in [-0.05, 0) is 102 Å². The quantitative estimate of drug-likeness (QED) is 0.0193. The molecule has 38 heteroatoms. The number of rotatable bonds is 26. The Hall–Kier alpha value is -13.0. The summed E-state index contributed by atoms with van der Waals surface area (Å²) in [4.78, 5) is 224. The molecule has 0 spiro atoms. The van der Waals surface area contributed by atoms with E-state index in [2.05, 4.69) is 84.4 Å². The maximum atomic E-state index is 15.2. The second-order valence-electron chi connectivity index (χ2n) is 31.4. The Bertz CT molecular complexity index is 4950. The number of fused-ring (bicyclic) bond motifs is 3. The smallest absolute Gasteiger partial charge is 0.305 e. The molecule has 14 amide bonds. The highest BCUT2D eigenvalue weighted by Crippen LogP contribution is 2.24. The lowest BCUT2D eigenvalue weighted by Gasteiger charge is -2.29. The van der Waals surface area contributed by atoms with E-state index < -0.39 is 204 Å². The zero-order valence-electron chi connectivity index (χ0n) is 70.6. The van der Waals surface area contributed by atoms with E-state index >= 15 is 24.0 Å². The number of carboxylic acid groups (broad SMARTS) is 1. The highest BCUT2D eigenvalue weighted by atomic mass is 32.2. The number of hydrogen-bond acceptors (Lipinski definition) is 19. The van der Waals surface area contributed by atoms with Crippen LogP contribution in [0.15, 0.2) is 134 Å². The van der Waals surface area contributed by atoms with Gasteiger partial charge in [-0.2, -0.15) is 0 Å². The molecule has 8 rings (SSSR count). The Morgan fingerprint density at radius 2 is 0.944 bits per heavy atom. The number of benzene rings is 5. The Kier molecular flexibility index (Phi) is 38.0. The van der Waals surface area contributed by atoms with Gasteiger partial charge in [0.2, 0.25) is 82.7 Å². The molecule has 25 N–H and O–H groups in total. The first-order valence-electron chi connectivity index (χ1n) is 41.9. The minimum atomic E-state index is -1.98. The summed E-state index contributed by atoms with van der Waals surface area (Å²) in [7, 11) is 0. The molecule has 1 aliphatic rings. The fourth-order valence-electron chi connectivity index (χ4n) is 14.3. The van der Waals surface area contributed by atoms with E-state index in [-0.39, 0.29) is 83.1 Å². The van der Waals surface area contributed by atoms with Crippen molar-refractivity contribution in [3.8, 4) is 0 Å². The zero-order valence-corrected chi connectivity index (χ0v) is 71.4. The number of aliphatic hydroxyl groups excluding tert-OH is 1. The molecular formula is C87H116N20O17S. The molecule has 1 fully saturated rings. The number of carbonyl (C=O) groups is 15. The standard InChI is InChI=1S/C87H116N20O17S/c1-6-8-27-61-78(116)98-62(31-20-35-92-87(90)91)79(117)101-66(40-55-43-94-59-29-17-15-26-57(55)59)84(122)106-73(48(3)4)85(123)105-69(75(89)113)46-125-47-71(110)97-63(37-50-21-10-9-11-22-50)80(118)100-64(38-51-32-33-52-23-12-13-24-53(52)36-51)83(121)107-74(49(5)7-2)86(124)104-68(45-108)76(114)95-44-70(109)96-60(30-18-19-34-88)77(115)103-67(41-72(111)112)82(120)102-65(81(119)99-61)39-54-42-93-58-28-16-14-25-56(54)58/h9-17,21-26,28-29,32-33,36,42-43,48-49,60-69,73-74,93-94,108H,6-8,18-20,27,30-31,34-35,37-41,44-47,88H2,1-5H3,(H2,89,113)(H,95,114)(H,96,109)(H,97,110)(H,98,116)(H,99,119)(H,100,118)(H,101,117)(H,102,120)(H,103,115)(H,104,124)(H,105,123)(H,106,122)(H,107,121)(H,111,112)(H4,90,91,92)/t49-,60-,61-,62+,63-,64-,65-,66-,67-,68-,69-,73-,74+/m0/s1. The van der Waals surface area contributed by atoms with E-state index in [1.807, 2.05) is 43.3 Å². The number of aromatic nitrogens is 2. The minimum Gasteiger partial charge on any atom is -0.481 e. The van der Waals surface area contributed by atoms with Crippen LogP contribution in [0.2, 0.25) is 0 Å². The molecule has 0 aliphatic carbocycles. The molecule has 672 valence electrons. The lowest BCUT2D eigenvalue weighted by Crippen LogP contribution is -2.61. The summed E-state index contributed by atoms with van der Waals surface area (Å²) in [6.45, 7) is 6.56. The van der Waals surface area contributed by atoms with Gasteiger partial charge in [0.05, 0.1) is 25.3 Å². The number of aliphatic carboxylic acids is 1. The molecule has 7 aromatic rings. The average Bonchev–Trinajstić information content (AvgIpc) is 1.69. The van der Waals surface area contributed by atoms with Crippen LogP contribution in [0, 0.1) is 17.2 Å². The fraction of sp³-hybridized carbons (Fsp3) is 0.448. The van der Waals surface area contributed by atoms with E-state index in [0.717, 1.165) is 22.5 Å². The maximum Gasteiger partial charge on any atom is 0.305 e. The minimum absolute atomic E-state index is 0.00859. The molecule has 5 aromatic carbocycles. The monoisotopic (exact) mass is 1740 g/mol. The topological polar surface area (TPSA) is 598 Å². The van der Waals surface area contributed by atoms with Crippen molar-refractivity contribution < 1.29 is 82.1 Å². The van der Waals surface area contributed by atoms with E-state index in [4.69, 9.17) is 22.6 Å². The second-order valence-corrected chi connectivity index (χ2v) is 32.4. The first-order chi connectivity index (χ1) is 59.9. The van der Waals surface area contributed by atoms with Crippen molar-refractivity contribution in [2.75, 3.05) is 37.7 Å². The van der Waals surface area contributed by atoms with Gasteiger partial charge in [-0.1, -0.05) is 163 Å². The number of aromatic amines is 2. The van der Waals surface area contributed by atoms with Gasteiger partial charge in [-0.25, -0.2) is 0 Å². The number of carbonyl (C=O) groups excluding carboxylic acids is 14. The maximum absolute atomic E-state index is 15.2. The SMILES string of the molecule is CCCC[C@@H]1NC(=O)[C@H](Cc2c[nH]c3ccccc23)NC(=O)[C@H](CC(=O)O)NC(=O)[C@H](CCCCN)NC(=O)CNC(=O)[C@H](CO)NC(=O)[C@@H]([C@@H](C)CC)NC(=O)[C@H](Cc2ccc3ccccc3c2)NC(=O)[C@H](Cc2ccccc2)NC(=O)CSC[C@@H](C(N)=O)NC(=O)[C@H](C(C)C)NC(=O)[C@H](Cc2c[nH]c3ccccc23)NC(=O)[C@@H](CCCNC(=N)N)NC1=O. The van der Waals surface area contributed by atoms with Crippen LogP contribution in [0.5, 0.6) is 0 Å². The van der Waals surface area contributed by atoms with Crippen molar-refractivity contribution in [1.82, 2.24) is 84.4 Å². The number of thioether (sulfide) groups is 1.